The summed E-state index contributed by atoms with van der Waals surface area (Å²) in [5.41, 5.74) is 2.21. The lowest BCUT2D eigenvalue weighted by Gasteiger charge is -2.20. The standard InChI is InChI=1S/C15H19F2NO/c16-15(17)6-8-18(10-15)7-5-12-9-11-3-1-2-4-13(11)14(12)19/h1-4,12,14,19H,5-10H2. The van der Waals surface area contributed by atoms with E-state index in [1.807, 2.05) is 29.2 Å². The number of fused-ring (bicyclic) bond motifs is 1. The minimum absolute atomic E-state index is 0.0273. The van der Waals surface area contributed by atoms with Crippen LogP contribution in [0.3, 0.4) is 0 Å². The zero-order valence-corrected chi connectivity index (χ0v) is 10.9. The first-order chi connectivity index (χ1) is 9.05. The van der Waals surface area contributed by atoms with Crippen LogP contribution in [0.5, 0.6) is 0 Å². The molecule has 1 fully saturated rings. The Bertz CT molecular complexity index is 463. The van der Waals surface area contributed by atoms with Crippen LogP contribution in [0.15, 0.2) is 24.3 Å². The number of hydrogen-bond acceptors (Lipinski definition) is 2. The molecular weight excluding hydrogens is 248 g/mol. The molecule has 2 aliphatic rings. The average Bonchev–Trinajstić information content (AvgIpc) is 2.88. The van der Waals surface area contributed by atoms with Crippen LogP contribution in [0.1, 0.15) is 30.1 Å². The van der Waals surface area contributed by atoms with Gasteiger partial charge in [0.15, 0.2) is 0 Å². The Balaban J connectivity index is 1.56. The monoisotopic (exact) mass is 267 g/mol. The van der Waals surface area contributed by atoms with Crippen molar-refractivity contribution < 1.29 is 13.9 Å². The Morgan fingerprint density at radius 3 is 2.79 bits per heavy atom. The second kappa shape index (κ2) is 4.84. The van der Waals surface area contributed by atoms with Crippen molar-refractivity contribution in [2.75, 3.05) is 19.6 Å². The van der Waals surface area contributed by atoms with E-state index in [4.69, 9.17) is 0 Å². The van der Waals surface area contributed by atoms with Gasteiger partial charge in [-0.2, -0.15) is 0 Å². The molecule has 1 aliphatic carbocycles. The van der Waals surface area contributed by atoms with Crippen LogP contribution in [0.25, 0.3) is 0 Å². The van der Waals surface area contributed by atoms with Gasteiger partial charge in [0.1, 0.15) is 0 Å². The predicted molar refractivity (Wildman–Crippen MR) is 69.2 cm³/mol. The molecular formula is C15H19F2NO. The molecule has 2 nitrogen and oxygen atoms in total. The molecule has 0 saturated carbocycles. The zero-order chi connectivity index (χ0) is 13.5. The highest BCUT2D eigenvalue weighted by Crippen LogP contribution is 2.38. The van der Waals surface area contributed by atoms with Gasteiger partial charge < -0.3 is 5.11 Å². The number of alkyl halides is 2. The summed E-state index contributed by atoms with van der Waals surface area (Å²) in [6.07, 6.45) is 1.19. The van der Waals surface area contributed by atoms with Gasteiger partial charge in [-0.05, 0) is 36.4 Å². The largest absolute Gasteiger partial charge is 0.388 e. The van der Waals surface area contributed by atoms with Crippen LogP contribution < -0.4 is 0 Å². The van der Waals surface area contributed by atoms with E-state index in [1.165, 1.54) is 5.56 Å². The normalized spacial score (nSPS) is 29.6. The average molecular weight is 267 g/mol. The number of benzene rings is 1. The quantitative estimate of drug-likeness (QED) is 0.910. The number of halogens is 2. The van der Waals surface area contributed by atoms with E-state index >= 15 is 0 Å². The van der Waals surface area contributed by atoms with E-state index < -0.39 is 12.0 Å². The van der Waals surface area contributed by atoms with Crippen molar-refractivity contribution in [1.29, 1.82) is 0 Å². The van der Waals surface area contributed by atoms with Crippen molar-refractivity contribution in [1.82, 2.24) is 4.90 Å². The summed E-state index contributed by atoms with van der Waals surface area (Å²) in [6, 6.07) is 7.92. The summed E-state index contributed by atoms with van der Waals surface area (Å²) in [5.74, 6) is -2.34. The van der Waals surface area contributed by atoms with E-state index in [-0.39, 0.29) is 18.9 Å². The smallest absolute Gasteiger partial charge is 0.261 e. The van der Waals surface area contributed by atoms with Gasteiger partial charge in [-0.3, -0.25) is 4.90 Å². The third kappa shape index (κ3) is 2.65. The van der Waals surface area contributed by atoms with Crippen LogP contribution in [0.2, 0.25) is 0 Å². The van der Waals surface area contributed by atoms with Crippen LogP contribution in [0, 0.1) is 5.92 Å². The molecule has 1 saturated heterocycles. The lowest BCUT2D eigenvalue weighted by molar-refractivity contribution is 0.0110. The van der Waals surface area contributed by atoms with Crippen molar-refractivity contribution >= 4 is 0 Å². The molecule has 0 amide bonds. The molecule has 3 rings (SSSR count). The molecule has 104 valence electrons. The van der Waals surface area contributed by atoms with E-state index in [1.54, 1.807) is 0 Å². The van der Waals surface area contributed by atoms with Gasteiger partial charge in [0, 0.05) is 13.0 Å². The molecule has 2 atom stereocenters. The maximum atomic E-state index is 13.1. The molecule has 1 aromatic carbocycles. The summed E-state index contributed by atoms with van der Waals surface area (Å²) in [6.45, 7) is 1.01. The van der Waals surface area contributed by atoms with Gasteiger partial charge in [-0.1, -0.05) is 24.3 Å². The summed E-state index contributed by atoms with van der Waals surface area (Å²) in [5, 5.41) is 10.3. The highest BCUT2D eigenvalue weighted by Gasteiger charge is 2.38. The van der Waals surface area contributed by atoms with Crippen LogP contribution in [0.4, 0.5) is 8.78 Å². The number of aliphatic hydroxyl groups is 1. The maximum absolute atomic E-state index is 13.1. The summed E-state index contributed by atoms with van der Waals surface area (Å²) in [4.78, 5) is 1.82. The van der Waals surface area contributed by atoms with E-state index in [0.717, 1.165) is 18.4 Å². The second-order valence-electron chi connectivity index (χ2n) is 5.78. The summed E-state index contributed by atoms with van der Waals surface area (Å²) >= 11 is 0. The Morgan fingerprint density at radius 1 is 1.32 bits per heavy atom. The molecule has 1 heterocycles. The molecule has 1 N–H and O–H groups in total. The molecule has 1 aromatic rings. The Hall–Kier alpha value is -1.00. The van der Waals surface area contributed by atoms with Crippen LogP contribution in [-0.4, -0.2) is 35.6 Å². The molecule has 0 spiro atoms. The molecule has 4 heteroatoms. The fraction of sp³-hybridized carbons (Fsp3) is 0.600. The first kappa shape index (κ1) is 13.0. The van der Waals surface area contributed by atoms with Crippen molar-refractivity contribution in [3.8, 4) is 0 Å². The highest BCUT2D eigenvalue weighted by atomic mass is 19.3. The van der Waals surface area contributed by atoms with Gasteiger partial charge in [0.05, 0.1) is 12.6 Å². The molecule has 0 aromatic heterocycles. The molecule has 0 radical (unpaired) electrons. The Labute approximate surface area is 112 Å². The number of hydrogen-bond donors (Lipinski definition) is 1. The fourth-order valence-corrected chi connectivity index (χ4v) is 3.26. The van der Waals surface area contributed by atoms with Crippen LogP contribution in [-0.2, 0) is 6.42 Å². The van der Waals surface area contributed by atoms with E-state index in [0.29, 0.717) is 13.1 Å². The minimum atomic E-state index is -2.52. The lowest BCUT2D eigenvalue weighted by atomic mass is 9.99. The van der Waals surface area contributed by atoms with E-state index in [9.17, 15) is 13.9 Å². The van der Waals surface area contributed by atoms with E-state index in [2.05, 4.69) is 0 Å². The molecule has 1 aliphatic heterocycles. The SMILES string of the molecule is OC1c2ccccc2CC1CCN1CCC(F)(F)C1. The number of aliphatic hydroxyl groups excluding tert-OH is 1. The van der Waals surface area contributed by atoms with Crippen molar-refractivity contribution in [3.05, 3.63) is 35.4 Å². The third-order valence-electron chi connectivity index (χ3n) is 4.37. The Kier molecular flexibility index (Phi) is 3.31. The number of nitrogens with zero attached hydrogens (tertiary/aromatic N) is 1. The van der Waals surface area contributed by atoms with Gasteiger partial charge in [0.2, 0.25) is 0 Å². The zero-order valence-electron chi connectivity index (χ0n) is 10.9. The molecule has 0 bridgehead atoms. The molecule has 2 unspecified atom stereocenters. The van der Waals surface area contributed by atoms with Crippen LogP contribution >= 0.6 is 0 Å². The topological polar surface area (TPSA) is 23.5 Å². The maximum Gasteiger partial charge on any atom is 0.261 e. The van der Waals surface area contributed by atoms with Gasteiger partial charge in [-0.15, -0.1) is 0 Å². The lowest BCUT2D eigenvalue weighted by Crippen LogP contribution is -2.28. The number of likely N-dealkylation sites (tertiary alicyclic amines) is 1. The highest BCUT2D eigenvalue weighted by molar-refractivity contribution is 5.34. The van der Waals surface area contributed by atoms with Gasteiger partial charge >= 0.3 is 0 Å². The summed E-state index contributed by atoms with van der Waals surface area (Å²) in [7, 11) is 0. The van der Waals surface area contributed by atoms with Crippen molar-refractivity contribution in [2.45, 2.75) is 31.3 Å². The first-order valence-electron chi connectivity index (χ1n) is 6.91. The van der Waals surface area contributed by atoms with Crippen molar-refractivity contribution in [2.24, 2.45) is 5.92 Å². The Morgan fingerprint density at radius 2 is 2.11 bits per heavy atom. The third-order valence-corrected chi connectivity index (χ3v) is 4.37. The van der Waals surface area contributed by atoms with Gasteiger partial charge in [-0.25, -0.2) is 8.78 Å². The number of rotatable bonds is 3. The van der Waals surface area contributed by atoms with Gasteiger partial charge in [0.25, 0.3) is 5.92 Å². The molecule has 19 heavy (non-hydrogen) atoms. The first-order valence-corrected chi connectivity index (χ1v) is 6.91. The predicted octanol–water partition coefficient (Wildman–Crippen LogP) is 2.62. The second-order valence-corrected chi connectivity index (χ2v) is 5.78. The fourth-order valence-electron chi connectivity index (χ4n) is 3.26. The van der Waals surface area contributed by atoms with Crippen molar-refractivity contribution in [3.63, 3.8) is 0 Å². The minimum Gasteiger partial charge on any atom is -0.388 e. The summed E-state index contributed by atoms with van der Waals surface area (Å²) < 4.78 is 26.2.